The van der Waals surface area contributed by atoms with Crippen LogP contribution < -0.4 is 10.5 Å². The first-order chi connectivity index (χ1) is 7.75. The van der Waals surface area contributed by atoms with E-state index in [2.05, 4.69) is 16.9 Å². The summed E-state index contributed by atoms with van der Waals surface area (Å²) in [5.74, 6) is -0.635. The maximum absolute atomic E-state index is 13.5. The fourth-order valence-corrected chi connectivity index (χ4v) is 2.55. The molecule has 1 unspecified atom stereocenters. The second-order valence-electron chi connectivity index (χ2n) is 3.62. The van der Waals surface area contributed by atoms with Gasteiger partial charge in [-0.05, 0) is 25.5 Å². The molecule has 0 amide bonds. The zero-order valence-corrected chi connectivity index (χ0v) is 11.0. The van der Waals surface area contributed by atoms with Crippen molar-refractivity contribution in [1.29, 1.82) is 0 Å². The molecule has 94 valence electrons. The predicted octanol–water partition coefficient (Wildman–Crippen LogP) is 1.55. The van der Waals surface area contributed by atoms with Gasteiger partial charge >= 0.3 is 0 Å². The summed E-state index contributed by atoms with van der Waals surface area (Å²) in [6.07, 6.45) is 0. The van der Waals surface area contributed by atoms with Gasteiger partial charge in [0.25, 0.3) is 0 Å². The number of rotatable bonds is 4. The van der Waals surface area contributed by atoms with Gasteiger partial charge in [-0.25, -0.2) is 12.8 Å². The van der Waals surface area contributed by atoms with E-state index in [-0.39, 0.29) is 10.7 Å². The topological polar surface area (TPSA) is 72.2 Å². The van der Waals surface area contributed by atoms with Crippen LogP contribution in [0.5, 0.6) is 0 Å². The number of aryl methyl sites for hydroxylation is 1. The van der Waals surface area contributed by atoms with Crippen molar-refractivity contribution in [2.75, 3.05) is 4.72 Å². The van der Waals surface area contributed by atoms with Gasteiger partial charge in [0.1, 0.15) is 11.1 Å². The Balaban J connectivity index is 3.11. The Bertz CT molecular complexity index is 523. The summed E-state index contributed by atoms with van der Waals surface area (Å²) in [6, 6.07) is 4.28. The first-order valence-corrected chi connectivity index (χ1v) is 6.77. The van der Waals surface area contributed by atoms with Crippen molar-refractivity contribution in [3.05, 3.63) is 29.6 Å². The van der Waals surface area contributed by atoms with E-state index in [0.29, 0.717) is 5.56 Å². The highest BCUT2D eigenvalue weighted by molar-refractivity contribution is 7.95. The lowest BCUT2D eigenvalue weighted by atomic mass is 10.2. The maximum Gasteiger partial charge on any atom is 0.241 e. The highest BCUT2D eigenvalue weighted by Gasteiger charge is 2.24. The molecule has 0 radical (unpaired) electrons. The number of anilines is 1. The molecule has 1 aromatic rings. The summed E-state index contributed by atoms with van der Waals surface area (Å²) < 4.78 is 39.2. The van der Waals surface area contributed by atoms with Gasteiger partial charge in [-0.3, -0.25) is 4.72 Å². The molecule has 4 nitrogen and oxygen atoms in total. The van der Waals surface area contributed by atoms with Gasteiger partial charge in [-0.2, -0.15) is 0 Å². The number of nitrogens with two attached hydrogens (primary N) is 1. The Morgan fingerprint density at radius 2 is 2.12 bits per heavy atom. The molecule has 3 N–H and O–H groups in total. The van der Waals surface area contributed by atoms with Crippen LogP contribution in [-0.2, 0) is 10.0 Å². The summed E-state index contributed by atoms with van der Waals surface area (Å²) >= 11 is 4.61. The lowest BCUT2D eigenvalue weighted by Gasteiger charge is -2.15. The van der Waals surface area contributed by atoms with Crippen molar-refractivity contribution in [3.8, 4) is 0 Å². The molecule has 0 aliphatic heterocycles. The van der Waals surface area contributed by atoms with Gasteiger partial charge < -0.3 is 5.73 Å². The molecule has 17 heavy (non-hydrogen) atoms. The average molecular weight is 276 g/mol. The molecule has 1 atom stereocenters. The lowest BCUT2D eigenvalue weighted by molar-refractivity contribution is 0.595. The predicted molar refractivity (Wildman–Crippen MR) is 69.9 cm³/mol. The quantitative estimate of drug-likeness (QED) is 0.818. The fourth-order valence-electron chi connectivity index (χ4n) is 1.14. The molecule has 0 aliphatic carbocycles. The minimum atomic E-state index is -3.81. The van der Waals surface area contributed by atoms with E-state index in [1.54, 1.807) is 13.0 Å². The molecule has 1 aromatic carbocycles. The number of thiocarbonyl (C=S) groups is 1. The van der Waals surface area contributed by atoms with E-state index in [9.17, 15) is 12.8 Å². The van der Waals surface area contributed by atoms with Crippen molar-refractivity contribution >= 4 is 32.9 Å². The van der Waals surface area contributed by atoms with E-state index < -0.39 is 21.1 Å². The van der Waals surface area contributed by atoms with E-state index in [1.165, 1.54) is 19.1 Å². The molecule has 7 heteroatoms. The van der Waals surface area contributed by atoms with Gasteiger partial charge in [0.05, 0.1) is 10.7 Å². The minimum Gasteiger partial charge on any atom is -0.392 e. The van der Waals surface area contributed by atoms with Crippen LogP contribution in [0.2, 0.25) is 0 Å². The number of sulfonamides is 1. The number of halogens is 1. The van der Waals surface area contributed by atoms with Crippen LogP contribution >= 0.6 is 12.2 Å². The number of nitrogens with one attached hydrogen (secondary N) is 1. The minimum absolute atomic E-state index is 0.0735. The number of hydrogen-bond donors (Lipinski definition) is 2. The first-order valence-electron chi connectivity index (χ1n) is 4.81. The van der Waals surface area contributed by atoms with Crippen molar-refractivity contribution in [1.82, 2.24) is 0 Å². The Kier molecular flexibility index (Phi) is 4.05. The highest BCUT2D eigenvalue weighted by Crippen LogP contribution is 2.21. The van der Waals surface area contributed by atoms with Crippen LogP contribution in [0, 0.1) is 12.7 Å². The molecule has 0 aromatic heterocycles. The average Bonchev–Trinajstić information content (AvgIpc) is 2.22. The van der Waals surface area contributed by atoms with Crippen LogP contribution in [0.4, 0.5) is 10.1 Å². The van der Waals surface area contributed by atoms with Crippen molar-refractivity contribution in [2.45, 2.75) is 19.1 Å². The molecule has 1 rings (SSSR count). The summed E-state index contributed by atoms with van der Waals surface area (Å²) in [5.41, 5.74) is 5.69. The van der Waals surface area contributed by atoms with Crippen molar-refractivity contribution in [3.63, 3.8) is 0 Å². The molecule has 0 spiro atoms. The molecule has 0 aliphatic rings. The normalized spacial score (nSPS) is 13.1. The van der Waals surface area contributed by atoms with Gasteiger partial charge in [0, 0.05) is 0 Å². The standard InChI is InChI=1S/C10H13FN2O2S2/c1-6-4-3-5-8(11)9(6)13-17(14,15)7(2)10(12)16/h3-5,7,13H,1-2H3,(H2,12,16). The molecular weight excluding hydrogens is 263 g/mol. The largest absolute Gasteiger partial charge is 0.392 e. The second kappa shape index (κ2) is 4.97. The van der Waals surface area contributed by atoms with Crippen LogP contribution in [0.1, 0.15) is 12.5 Å². The number of hydrogen-bond acceptors (Lipinski definition) is 3. The zero-order valence-electron chi connectivity index (χ0n) is 9.40. The third-order valence-electron chi connectivity index (χ3n) is 2.33. The molecule has 0 saturated heterocycles. The van der Waals surface area contributed by atoms with Crippen molar-refractivity contribution in [2.24, 2.45) is 5.73 Å². The lowest BCUT2D eigenvalue weighted by Crippen LogP contribution is -2.36. The van der Waals surface area contributed by atoms with Crippen molar-refractivity contribution < 1.29 is 12.8 Å². The van der Waals surface area contributed by atoms with Gasteiger partial charge in [-0.1, -0.05) is 24.4 Å². The monoisotopic (exact) mass is 276 g/mol. The van der Waals surface area contributed by atoms with Gasteiger partial charge in [0.2, 0.25) is 10.0 Å². The first kappa shape index (κ1) is 13.9. The summed E-state index contributed by atoms with van der Waals surface area (Å²) in [6.45, 7) is 2.95. The zero-order chi connectivity index (χ0) is 13.2. The smallest absolute Gasteiger partial charge is 0.241 e. The summed E-state index contributed by atoms with van der Waals surface area (Å²) in [4.78, 5) is -0.161. The van der Waals surface area contributed by atoms with Crippen LogP contribution in [0.15, 0.2) is 18.2 Å². The summed E-state index contributed by atoms with van der Waals surface area (Å²) in [5, 5.41) is -1.06. The van der Waals surface area contributed by atoms with E-state index in [0.717, 1.165) is 0 Å². The van der Waals surface area contributed by atoms with E-state index in [1.807, 2.05) is 0 Å². The molecule has 0 fully saturated rings. The van der Waals surface area contributed by atoms with Gasteiger partial charge in [-0.15, -0.1) is 0 Å². The third kappa shape index (κ3) is 3.13. The maximum atomic E-state index is 13.5. The molecule has 0 heterocycles. The van der Waals surface area contributed by atoms with Crippen LogP contribution in [-0.4, -0.2) is 18.7 Å². The molecule has 0 bridgehead atoms. The number of para-hydroxylation sites is 1. The Hall–Kier alpha value is -1.21. The Morgan fingerprint density at radius 1 is 1.53 bits per heavy atom. The molecular formula is C10H13FN2O2S2. The van der Waals surface area contributed by atoms with E-state index >= 15 is 0 Å². The highest BCUT2D eigenvalue weighted by atomic mass is 32.2. The summed E-state index contributed by atoms with van der Waals surface area (Å²) in [7, 11) is -3.81. The van der Waals surface area contributed by atoms with E-state index in [4.69, 9.17) is 5.73 Å². The van der Waals surface area contributed by atoms with Crippen LogP contribution in [0.25, 0.3) is 0 Å². The Labute approximate surface area is 105 Å². The third-order valence-corrected chi connectivity index (χ3v) is 4.51. The second-order valence-corrected chi connectivity index (χ2v) is 6.10. The van der Waals surface area contributed by atoms with Gasteiger partial charge in [0.15, 0.2) is 0 Å². The fraction of sp³-hybridized carbons (Fsp3) is 0.300. The Morgan fingerprint density at radius 3 is 2.59 bits per heavy atom. The number of benzene rings is 1. The SMILES string of the molecule is Cc1cccc(F)c1NS(=O)(=O)C(C)C(N)=S. The molecule has 0 saturated carbocycles. The van der Waals surface area contributed by atoms with Crippen LogP contribution in [0.3, 0.4) is 0 Å².